The number of carbonyl (C=O) groups is 2. The van der Waals surface area contributed by atoms with Gasteiger partial charge in [0.2, 0.25) is 5.91 Å². The van der Waals surface area contributed by atoms with Crippen LogP contribution in [0.5, 0.6) is 0 Å². The van der Waals surface area contributed by atoms with Crippen molar-refractivity contribution in [1.82, 2.24) is 9.88 Å². The monoisotopic (exact) mass is 465 g/mol. The van der Waals surface area contributed by atoms with Crippen molar-refractivity contribution in [3.05, 3.63) is 39.2 Å². The highest BCUT2D eigenvalue weighted by Crippen LogP contribution is 2.51. The maximum absolute atomic E-state index is 13.7. The normalized spacial score (nSPS) is 26.5. The van der Waals surface area contributed by atoms with Gasteiger partial charge in [-0.3, -0.25) is 9.59 Å². The van der Waals surface area contributed by atoms with Crippen LogP contribution in [0.25, 0.3) is 10.4 Å². The van der Waals surface area contributed by atoms with Gasteiger partial charge in [0.05, 0.1) is 19.8 Å². The predicted molar refractivity (Wildman–Crippen MR) is 109 cm³/mol. The summed E-state index contributed by atoms with van der Waals surface area (Å²) in [6.45, 7) is 3.81. The molecule has 1 aliphatic heterocycles. The van der Waals surface area contributed by atoms with Crippen molar-refractivity contribution in [2.24, 2.45) is 11.1 Å². The summed E-state index contributed by atoms with van der Waals surface area (Å²) in [4.78, 5) is 32.8. The fourth-order valence-corrected chi connectivity index (χ4v) is 6.17. The van der Waals surface area contributed by atoms with Gasteiger partial charge in [-0.2, -0.15) is 0 Å². The van der Waals surface area contributed by atoms with E-state index < -0.39 is 5.41 Å². The highest BCUT2D eigenvalue weighted by molar-refractivity contribution is 9.10. The number of primary amides is 1. The molecular weight excluding hydrogens is 445 g/mol. The predicted octanol–water partition coefficient (Wildman–Crippen LogP) is 4.28. The van der Waals surface area contributed by atoms with Crippen molar-refractivity contribution in [3.63, 3.8) is 0 Å². The van der Waals surface area contributed by atoms with Crippen LogP contribution < -0.4 is 5.73 Å². The van der Waals surface area contributed by atoms with Crippen LogP contribution >= 0.6 is 27.3 Å². The number of fused-ring (bicyclic) bond motifs is 1. The summed E-state index contributed by atoms with van der Waals surface area (Å²) in [5, 5.41) is 0.762. The summed E-state index contributed by atoms with van der Waals surface area (Å²) in [5.41, 5.74) is 6.23. The fourth-order valence-electron chi connectivity index (χ4n) is 4.89. The minimum absolute atomic E-state index is 0.0832. The highest BCUT2D eigenvalue weighted by atomic mass is 79.9. The number of aryl methyl sites for hydroxylation is 1. The number of hydrogen-bond donors (Lipinski definition) is 1. The first-order valence-electron chi connectivity index (χ1n) is 9.30. The van der Waals surface area contributed by atoms with E-state index >= 15 is 0 Å². The Balaban J connectivity index is 1.75. The van der Waals surface area contributed by atoms with Crippen molar-refractivity contribution < 1.29 is 14.0 Å². The Bertz CT molecular complexity index is 978. The van der Waals surface area contributed by atoms with Crippen molar-refractivity contribution in [3.8, 4) is 10.4 Å². The van der Waals surface area contributed by atoms with E-state index in [1.165, 1.54) is 17.4 Å². The van der Waals surface area contributed by atoms with E-state index in [-0.39, 0.29) is 29.7 Å². The number of likely N-dealkylation sites (tertiary alicyclic amines) is 1. The molecule has 1 saturated carbocycles. The summed E-state index contributed by atoms with van der Waals surface area (Å²) in [6.07, 6.45) is 2.99. The zero-order valence-corrected chi connectivity index (χ0v) is 18.1. The molecule has 2 aromatic rings. The van der Waals surface area contributed by atoms with Crippen LogP contribution in [0.2, 0.25) is 0 Å². The summed E-state index contributed by atoms with van der Waals surface area (Å²) in [7, 11) is 0. The first kappa shape index (κ1) is 19.5. The van der Waals surface area contributed by atoms with E-state index in [1.807, 2.05) is 18.7 Å². The SMILES string of the molecule is Cc1nc(C(=O)N2[C@H]3CCC[C@]3(C(N)=O)C[C@@H]2C)c(-c2ccc(F)c(Br)c2)s1. The second-order valence-corrected chi connectivity index (χ2v) is 9.79. The van der Waals surface area contributed by atoms with Crippen LogP contribution in [0.1, 0.15) is 48.1 Å². The van der Waals surface area contributed by atoms with Crippen LogP contribution in [0.4, 0.5) is 4.39 Å². The molecule has 2 aliphatic rings. The second-order valence-electron chi connectivity index (χ2n) is 7.73. The van der Waals surface area contributed by atoms with Gasteiger partial charge in [0.15, 0.2) is 0 Å². The largest absolute Gasteiger partial charge is 0.369 e. The summed E-state index contributed by atoms with van der Waals surface area (Å²) in [6, 6.07) is 4.43. The van der Waals surface area contributed by atoms with Gasteiger partial charge >= 0.3 is 0 Å². The lowest BCUT2D eigenvalue weighted by Gasteiger charge is -2.30. The highest BCUT2D eigenvalue weighted by Gasteiger charge is 2.58. The van der Waals surface area contributed by atoms with E-state index in [2.05, 4.69) is 20.9 Å². The molecule has 1 aromatic heterocycles. The average Bonchev–Trinajstić information content (AvgIpc) is 3.28. The zero-order valence-electron chi connectivity index (χ0n) is 15.7. The smallest absolute Gasteiger partial charge is 0.274 e. The molecule has 2 amide bonds. The van der Waals surface area contributed by atoms with E-state index in [4.69, 9.17) is 5.73 Å². The number of thiazole rings is 1. The number of hydrogen-bond acceptors (Lipinski definition) is 4. The number of nitrogens with two attached hydrogens (primary N) is 1. The van der Waals surface area contributed by atoms with Crippen LogP contribution in [0.3, 0.4) is 0 Å². The van der Waals surface area contributed by atoms with Gasteiger partial charge in [-0.25, -0.2) is 9.37 Å². The van der Waals surface area contributed by atoms with Gasteiger partial charge in [0, 0.05) is 12.1 Å². The molecule has 1 aliphatic carbocycles. The molecule has 1 saturated heterocycles. The summed E-state index contributed by atoms with van der Waals surface area (Å²) >= 11 is 4.62. The minimum atomic E-state index is -0.626. The van der Waals surface area contributed by atoms with Gasteiger partial charge in [-0.05, 0) is 66.7 Å². The first-order valence-corrected chi connectivity index (χ1v) is 10.9. The molecule has 1 aromatic carbocycles. The maximum atomic E-state index is 13.7. The lowest BCUT2D eigenvalue weighted by Crippen LogP contribution is -2.46. The number of benzene rings is 1. The van der Waals surface area contributed by atoms with Gasteiger partial charge in [-0.15, -0.1) is 11.3 Å². The number of carbonyl (C=O) groups excluding carboxylic acids is 2. The zero-order chi connectivity index (χ0) is 20.2. The molecule has 5 nitrogen and oxygen atoms in total. The Kier molecular flexibility index (Phi) is 4.82. The van der Waals surface area contributed by atoms with Crippen molar-refractivity contribution >= 4 is 39.1 Å². The lowest BCUT2D eigenvalue weighted by atomic mass is 9.80. The van der Waals surface area contributed by atoms with Crippen LogP contribution in [-0.2, 0) is 4.79 Å². The fraction of sp³-hybridized carbons (Fsp3) is 0.450. The number of halogens is 2. The Morgan fingerprint density at radius 1 is 1.43 bits per heavy atom. The average molecular weight is 466 g/mol. The standard InChI is InChI=1S/C20H21BrFN3O2S/c1-10-9-20(19(23)27)7-3-4-15(20)25(10)18(26)16-17(28-11(2)24-16)12-5-6-14(22)13(21)8-12/h5-6,8,10,15H,3-4,7,9H2,1-2H3,(H2,23,27)/t10-,15-,20-/m0/s1. The quantitative estimate of drug-likeness (QED) is 0.734. The van der Waals surface area contributed by atoms with E-state index in [0.717, 1.165) is 29.8 Å². The Hall–Kier alpha value is -1.80. The third kappa shape index (κ3) is 2.88. The molecule has 2 heterocycles. The van der Waals surface area contributed by atoms with Gasteiger partial charge < -0.3 is 10.6 Å². The molecular formula is C20H21BrFN3O2S. The molecule has 0 radical (unpaired) electrons. The Labute approximate surface area is 175 Å². The van der Waals surface area contributed by atoms with Crippen LogP contribution in [0, 0.1) is 18.2 Å². The number of amides is 2. The molecule has 4 rings (SSSR count). The van der Waals surface area contributed by atoms with Gasteiger partial charge in [-0.1, -0.05) is 12.5 Å². The number of aromatic nitrogens is 1. The molecule has 2 fully saturated rings. The molecule has 3 atom stereocenters. The molecule has 148 valence electrons. The van der Waals surface area contributed by atoms with Crippen LogP contribution in [0.15, 0.2) is 22.7 Å². The maximum Gasteiger partial charge on any atom is 0.274 e. The first-order chi connectivity index (χ1) is 13.2. The Morgan fingerprint density at radius 3 is 2.86 bits per heavy atom. The van der Waals surface area contributed by atoms with E-state index in [0.29, 0.717) is 21.5 Å². The minimum Gasteiger partial charge on any atom is -0.369 e. The van der Waals surface area contributed by atoms with Gasteiger partial charge in [0.25, 0.3) is 5.91 Å². The third-order valence-corrected chi connectivity index (χ3v) is 7.68. The molecule has 2 N–H and O–H groups in total. The molecule has 8 heteroatoms. The van der Waals surface area contributed by atoms with E-state index in [1.54, 1.807) is 12.1 Å². The van der Waals surface area contributed by atoms with Crippen molar-refractivity contribution in [1.29, 1.82) is 0 Å². The molecule has 28 heavy (non-hydrogen) atoms. The summed E-state index contributed by atoms with van der Waals surface area (Å²) in [5.74, 6) is -0.847. The Morgan fingerprint density at radius 2 is 2.18 bits per heavy atom. The van der Waals surface area contributed by atoms with E-state index in [9.17, 15) is 14.0 Å². The van der Waals surface area contributed by atoms with Crippen LogP contribution in [-0.4, -0.2) is 33.8 Å². The van der Waals surface area contributed by atoms with Gasteiger partial charge in [0.1, 0.15) is 11.5 Å². The molecule has 0 bridgehead atoms. The molecule has 0 spiro atoms. The second kappa shape index (κ2) is 6.91. The summed E-state index contributed by atoms with van der Waals surface area (Å²) < 4.78 is 14.0. The number of nitrogens with zero attached hydrogens (tertiary/aromatic N) is 2. The third-order valence-electron chi connectivity index (χ3n) is 6.05. The van der Waals surface area contributed by atoms with Crippen molar-refractivity contribution in [2.75, 3.05) is 0 Å². The topological polar surface area (TPSA) is 76.3 Å². The number of rotatable bonds is 3. The van der Waals surface area contributed by atoms with Crippen molar-refractivity contribution in [2.45, 2.75) is 51.6 Å². The molecule has 0 unspecified atom stereocenters. The lowest BCUT2D eigenvalue weighted by molar-refractivity contribution is -0.127.